The summed E-state index contributed by atoms with van der Waals surface area (Å²) in [7, 11) is 0. The van der Waals surface area contributed by atoms with Crippen molar-refractivity contribution in [3.05, 3.63) is 11.1 Å². The van der Waals surface area contributed by atoms with Gasteiger partial charge in [-0.2, -0.15) is 0 Å². The summed E-state index contributed by atoms with van der Waals surface area (Å²) < 4.78 is 9.81. The molecule has 0 radical (unpaired) electrons. The van der Waals surface area contributed by atoms with Crippen molar-refractivity contribution < 1.29 is 23.9 Å². The number of rotatable bonds is 9. The molecule has 0 unspecified atom stereocenters. The molecule has 0 N–H and O–H groups in total. The molecular formula is C17H26O5. The summed E-state index contributed by atoms with van der Waals surface area (Å²) in [5.41, 5.74) is 1.88. The highest BCUT2D eigenvalue weighted by Crippen LogP contribution is 2.29. The Hall–Kier alpha value is -1.65. The van der Waals surface area contributed by atoms with Gasteiger partial charge >= 0.3 is 11.9 Å². The number of carbonyl (C=O) groups is 3. The van der Waals surface area contributed by atoms with E-state index < -0.39 is 0 Å². The molecule has 5 nitrogen and oxygen atoms in total. The molecule has 0 aromatic rings. The van der Waals surface area contributed by atoms with Crippen molar-refractivity contribution in [3.63, 3.8) is 0 Å². The number of carbonyl (C=O) groups excluding carboxylic acids is 3. The van der Waals surface area contributed by atoms with Crippen LogP contribution in [0.3, 0.4) is 0 Å². The highest BCUT2D eigenvalue weighted by atomic mass is 16.5. The Morgan fingerprint density at radius 1 is 0.955 bits per heavy atom. The average molecular weight is 310 g/mol. The SMILES string of the molecule is CCOC(=O)CCCC1=C(CCC(=O)OCC)C(=O)CCC1. The maximum atomic E-state index is 12.1. The van der Waals surface area contributed by atoms with Crippen LogP contribution in [0.15, 0.2) is 11.1 Å². The Bertz CT molecular complexity index is 436. The van der Waals surface area contributed by atoms with Gasteiger partial charge in [-0.25, -0.2) is 0 Å². The normalized spacial score (nSPS) is 14.9. The predicted molar refractivity (Wildman–Crippen MR) is 82.2 cm³/mol. The molecule has 1 aliphatic rings. The standard InChI is InChI=1S/C17H26O5/c1-3-21-16(19)10-6-8-13-7-5-9-15(18)14(13)11-12-17(20)22-4-2/h3-12H2,1-2H3. The Labute approximate surface area is 132 Å². The van der Waals surface area contributed by atoms with Gasteiger partial charge in [-0.3, -0.25) is 14.4 Å². The van der Waals surface area contributed by atoms with Crippen molar-refractivity contribution in [3.8, 4) is 0 Å². The monoisotopic (exact) mass is 310 g/mol. The van der Waals surface area contributed by atoms with Crippen LogP contribution < -0.4 is 0 Å². The summed E-state index contributed by atoms with van der Waals surface area (Å²) in [5.74, 6) is -0.320. The fourth-order valence-electron chi connectivity index (χ4n) is 2.69. The van der Waals surface area contributed by atoms with Gasteiger partial charge in [-0.1, -0.05) is 5.57 Å². The number of hydrogen-bond acceptors (Lipinski definition) is 5. The molecule has 0 atom stereocenters. The molecule has 22 heavy (non-hydrogen) atoms. The zero-order valence-corrected chi connectivity index (χ0v) is 13.6. The summed E-state index contributed by atoms with van der Waals surface area (Å²) in [6, 6.07) is 0. The van der Waals surface area contributed by atoms with E-state index in [0.717, 1.165) is 30.4 Å². The zero-order chi connectivity index (χ0) is 16.4. The van der Waals surface area contributed by atoms with Crippen LogP contribution in [0.2, 0.25) is 0 Å². The molecule has 0 aromatic heterocycles. The molecular weight excluding hydrogens is 284 g/mol. The van der Waals surface area contributed by atoms with Crippen LogP contribution in [0.4, 0.5) is 0 Å². The first kappa shape index (κ1) is 18.4. The summed E-state index contributed by atoms with van der Waals surface area (Å²) >= 11 is 0. The van der Waals surface area contributed by atoms with Crippen molar-refractivity contribution in [2.45, 2.75) is 65.2 Å². The first-order chi connectivity index (χ1) is 10.6. The van der Waals surface area contributed by atoms with E-state index in [-0.39, 0.29) is 24.1 Å². The molecule has 124 valence electrons. The number of allylic oxidation sites excluding steroid dienone is 2. The first-order valence-corrected chi connectivity index (χ1v) is 8.13. The van der Waals surface area contributed by atoms with Crippen molar-refractivity contribution in [1.82, 2.24) is 0 Å². The summed E-state index contributed by atoms with van der Waals surface area (Å²) in [6.45, 7) is 4.31. The first-order valence-electron chi connectivity index (χ1n) is 8.13. The topological polar surface area (TPSA) is 69.7 Å². The smallest absolute Gasteiger partial charge is 0.306 e. The Kier molecular flexibility index (Phi) is 8.48. The van der Waals surface area contributed by atoms with Gasteiger partial charge in [0.15, 0.2) is 5.78 Å². The van der Waals surface area contributed by atoms with Gasteiger partial charge in [-0.15, -0.1) is 0 Å². The lowest BCUT2D eigenvalue weighted by Crippen LogP contribution is -2.14. The summed E-state index contributed by atoms with van der Waals surface area (Å²) in [4.78, 5) is 34.9. The van der Waals surface area contributed by atoms with Crippen molar-refractivity contribution in [2.24, 2.45) is 0 Å². The molecule has 1 rings (SSSR count). The molecule has 0 fully saturated rings. The highest BCUT2D eigenvalue weighted by molar-refractivity contribution is 5.97. The van der Waals surface area contributed by atoms with Crippen LogP contribution >= 0.6 is 0 Å². The fourth-order valence-corrected chi connectivity index (χ4v) is 2.69. The van der Waals surface area contributed by atoms with Crippen LogP contribution in [0, 0.1) is 0 Å². The van der Waals surface area contributed by atoms with E-state index in [4.69, 9.17) is 9.47 Å². The van der Waals surface area contributed by atoms with Crippen molar-refractivity contribution in [1.29, 1.82) is 0 Å². The number of Topliss-reactive ketones (excluding diaryl/α,β-unsaturated/α-hetero) is 1. The van der Waals surface area contributed by atoms with Crippen LogP contribution in [0.5, 0.6) is 0 Å². The van der Waals surface area contributed by atoms with Crippen LogP contribution in [0.1, 0.15) is 65.2 Å². The lowest BCUT2D eigenvalue weighted by atomic mass is 9.85. The van der Waals surface area contributed by atoms with Gasteiger partial charge in [0, 0.05) is 19.3 Å². The molecule has 1 aliphatic carbocycles. The van der Waals surface area contributed by atoms with Gasteiger partial charge in [0.2, 0.25) is 0 Å². The minimum absolute atomic E-state index is 0.140. The molecule has 0 bridgehead atoms. The number of hydrogen-bond donors (Lipinski definition) is 0. The third-order valence-electron chi connectivity index (χ3n) is 3.69. The molecule has 0 heterocycles. The van der Waals surface area contributed by atoms with Crippen LogP contribution in [-0.4, -0.2) is 30.9 Å². The minimum Gasteiger partial charge on any atom is -0.466 e. The van der Waals surface area contributed by atoms with E-state index in [1.807, 2.05) is 0 Å². The second-order valence-electron chi connectivity index (χ2n) is 5.32. The predicted octanol–water partition coefficient (Wildman–Crippen LogP) is 3.11. The highest BCUT2D eigenvalue weighted by Gasteiger charge is 2.21. The van der Waals surface area contributed by atoms with Crippen molar-refractivity contribution in [2.75, 3.05) is 13.2 Å². The maximum absolute atomic E-state index is 12.1. The van der Waals surface area contributed by atoms with Crippen molar-refractivity contribution >= 4 is 17.7 Å². The largest absolute Gasteiger partial charge is 0.466 e. The third kappa shape index (κ3) is 6.41. The van der Waals surface area contributed by atoms with E-state index in [0.29, 0.717) is 38.9 Å². The van der Waals surface area contributed by atoms with Crippen LogP contribution in [0.25, 0.3) is 0 Å². The molecule has 0 saturated heterocycles. The minimum atomic E-state index is -0.265. The Balaban J connectivity index is 2.56. The van der Waals surface area contributed by atoms with Gasteiger partial charge in [0.25, 0.3) is 0 Å². The number of ether oxygens (including phenoxy) is 2. The fraction of sp³-hybridized carbons (Fsp3) is 0.706. The van der Waals surface area contributed by atoms with Gasteiger partial charge < -0.3 is 9.47 Å². The maximum Gasteiger partial charge on any atom is 0.306 e. The second kappa shape index (κ2) is 10.1. The molecule has 0 amide bonds. The molecule has 0 spiro atoms. The molecule has 5 heteroatoms. The van der Waals surface area contributed by atoms with E-state index in [1.165, 1.54) is 0 Å². The number of ketones is 1. The lowest BCUT2D eigenvalue weighted by molar-refractivity contribution is -0.144. The Morgan fingerprint density at radius 2 is 1.59 bits per heavy atom. The number of esters is 2. The molecule has 0 aromatic carbocycles. The van der Waals surface area contributed by atoms with Gasteiger partial charge in [-0.05, 0) is 51.5 Å². The average Bonchev–Trinajstić information content (AvgIpc) is 2.47. The lowest BCUT2D eigenvalue weighted by Gasteiger charge is -2.19. The van der Waals surface area contributed by atoms with E-state index in [2.05, 4.69) is 0 Å². The van der Waals surface area contributed by atoms with E-state index in [9.17, 15) is 14.4 Å². The molecule has 0 aliphatic heterocycles. The van der Waals surface area contributed by atoms with Gasteiger partial charge in [0.05, 0.1) is 13.2 Å². The molecule has 0 saturated carbocycles. The summed E-state index contributed by atoms with van der Waals surface area (Å²) in [6.07, 6.45) is 4.77. The van der Waals surface area contributed by atoms with E-state index in [1.54, 1.807) is 13.8 Å². The Morgan fingerprint density at radius 3 is 2.23 bits per heavy atom. The zero-order valence-electron chi connectivity index (χ0n) is 13.6. The second-order valence-corrected chi connectivity index (χ2v) is 5.32. The van der Waals surface area contributed by atoms with E-state index >= 15 is 0 Å². The van der Waals surface area contributed by atoms with Crippen LogP contribution in [-0.2, 0) is 23.9 Å². The quantitative estimate of drug-likeness (QED) is 0.612. The third-order valence-corrected chi connectivity index (χ3v) is 3.69. The summed E-state index contributed by atoms with van der Waals surface area (Å²) in [5, 5.41) is 0. The van der Waals surface area contributed by atoms with Gasteiger partial charge in [0.1, 0.15) is 0 Å².